The number of aromatic nitrogens is 4. The molecule has 0 aliphatic carbocycles. The fourth-order valence-electron chi connectivity index (χ4n) is 1.58. The van der Waals surface area contributed by atoms with E-state index in [1.54, 1.807) is 4.40 Å². The summed E-state index contributed by atoms with van der Waals surface area (Å²) in [4.78, 5) is 4.23. The Morgan fingerprint density at radius 2 is 2.20 bits per heavy atom. The Hall–Kier alpha value is -1.53. The summed E-state index contributed by atoms with van der Waals surface area (Å²) in [5.41, 5.74) is 7.56. The average molecular weight is 207 g/mol. The van der Waals surface area contributed by atoms with Gasteiger partial charge in [0, 0.05) is 11.4 Å². The van der Waals surface area contributed by atoms with Crippen molar-refractivity contribution >= 4 is 5.78 Å². The molecular formula is C9H13N5O. The predicted octanol–water partition coefficient (Wildman–Crippen LogP) is -0.267. The fourth-order valence-corrected chi connectivity index (χ4v) is 1.58. The first-order valence-electron chi connectivity index (χ1n) is 4.69. The van der Waals surface area contributed by atoms with E-state index in [9.17, 15) is 0 Å². The first kappa shape index (κ1) is 10.0. The molecule has 6 heteroatoms. The molecule has 0 saturated heterocycles. The van der Waals surface area contributed by atoms with E-state index in [0.29, 0.717) is 11.6 Å². The molecule has 0 saturated carbocycles. The second-order valence-electron chi connectivity index (χ2n) is 3.52. The number of aliphatic hydroxyl groups excluding tert-OH is 1. The van der Waals surface area contributed by atoms with Crippen LogP contribution in [0.2, 0.25) is 0 Å². The van der Waals surface area contributed by atoms with Gasteiger partial charge in [-0.15, -0.1) is 10.2 Å². The lowest BCUT2D eigenvalue weighted by Gasteiger charge is -2.07. The van der Waals surface area contributed by atoms with Crippen molar-refractivity contribution in [2.45, 2.75) is 19.9 Å². The Labute approximate surface area is 86.8 Å². The highest BCUT2D eigenvalue weighted by Gasteiger charge is 2.15. The molecular weight excluding hydrogens is 194 g/mol. The van der Waals surface area contributed by atoms with E-state index >= 15 is 0 Å². The van der Waals surface area contributed by atoms with Crippen LogP contribution in [-0.2, 0) is 0 Å². The van der Waals surface area contributed by atoms with E-state index in [0.717, 1.165) is 11.4 Å². The van der Waals surface area contributed by atoms with Gasteiger partial charge in [-0.05, 0) is 19.9 Å². The number of hydrogen-bond acceptors (Lipinski definition) is 5. The highest BCUT2D eigenvalue weighted by Crippen LogP contribution is 2.12. The van der Waals surface area contributed by atoms with Crippen LogP contribution >= 0.6 is 0 Å². The van der Waals surface area contributed by atoms with Crippen molar-refractivity contribution in [1.82, 2.24) is 19.6 Å². The second kappa shape index (κ2) is 3.56. The predicted molar refractivity (Wildman–Crippen MR) is 54.3 cm³/mol. The Kier molecular flexibility index (Phi) is 2.37. The highest BCUT2D eigenvalue weighted by atomic mass is 16.3. The molecule has 0 aromatic carbocycles. The van der Waals surface area contributed by atoms with Crippen molar-refractivity contribution in [3.63, 3.8) is 0 Å². The molecule has 15 heavy (non-hydrogen) atoms. The van der Waals surface area contributed by atoms with Crippen LogP contribution in [0.15, 0.2) is 6.07 Å². The zero-order chi connectivity index (χ0) is 11.0. The van der Waals surface area contributed by atoms with Gasteiger partial charge < -0.3 is 10.8 Å². The van der Waals surface area contributed by atoms with Crippen LogP contribution in [0, 0.1) is 13.8 Å². The third-order valence-electron chi connectivity index (χ3n) is 2.25. The Morgan fingerprint density at radius 1 is 1.47 bits per heavy atom. The summed E-state index contributed by atoms with van der Waals surface area (Å²) in [6.07, 6.45) is 0. The molecule has 3 N–H and O–H groups in total. The van der Waals surface area contributed by atoms with Gasteiger partial charge in [0.05, 0.1) is 12.6 Å². The monoisotopic (exact) mass is 207 g/mol. The third-order valence-corrected chi connectivity index (χ3v) is 2.25. The van der Waals surface area contributed by atoms with Gasteiger partial charge in [0.15, 0.2) is 5.82 Å². The van der Waals surface area contributed by atoms with Crippen molar-refractivity contribution < 1.29 is 5.11 Å². The van der Waals surface area contributed by atoms with Crippen LogP contribution < -0.4 is 5.73 Å². The first-order chi connectivity index (χ1) is 7.13. The molecule has 2 aromatic heterocycles. The second-order valence-corrected chi connectivity index (χ2v) is 3.52. The standard InChI is InChI=1S/C9H13N5O/c1-5-3-6(2)14-8(7(10)4-15)12-13-9(14)11-5/h3,7,15H,4,10H2,1-2H3. The fraction of sp³-hybridized carbons (Fsp3) is 0.444. The summed E-state index contributed by atoms with van der Waals surface area (Å²) >= 11 is 0. The molecule has 0 amide bonds. The van der Waals surface area contributed by atoms with Gasteiger partial charge in [0.1, 0.15) is 0 Å². The van der Waals surface area contributed by atoms with E-state index in [4.69, 9.17) is 10.8 Å². The minimum Gasteiger partial charge on any atom is -0.394 e. The summed E-state index contributed by atoms with van der Waals surface area (Å²) in [5, 5.41) is 16.8. The average Bonchev–Trinajstić information content (AvgIpc) is 2.60. The van der Waals surface area contributed by atoms with Crippen molar-refractivity contribution in [2.24, 2.45) is 5.73 Å². The number of fused-ring (bicyclic) bond motifs is 1. The lowest BCUT2D eigenvalue weighted by molar-refractivity contribution is 0.262. The lowest BCUT2D eigenvalue weighted by Crippen LogP contribution is -2.18. The SMILES string of the molecule is Cc1cc(C)n2c(C(N)CO)nnc2n1. The smallest absolute Gasteiger partial charge is 0.255 e. The Bertz CT molecular complexity index is 492. The summed E-state index contributed by atoms with van der Waals surface area (Å²) in [5.74, 6) is 1.06. The van der Waals surface area contributed by atoms with Gasteiger partial charge >= 0.3 is 0 Å². The zero-order valence-corrected chi connectivity index (χ0v) is 8.68. The Balaban J connectivity index is 2.69. The van der Waals surface area contributed by atoms with E-state index in [1.165, 1.54) is 0 Å². The lowest BCUT2D eigenvalue weighted by atomic mass is 10.3. The van der Waals surface area contributed by atoms with Gasteiger partial charge in [0.2, 0.25) is 0 Å². The maximum absolute atomic E-state index is 8.99. The molecule has 1 unspecified atom stereocenters. The number of nitrogens with zero attached hydrogens (tertiary/aromatic N) is 4. The summed E-state index contributed by atoms with van der Waals surface area (Å²) in [7, 11) is 0. The topological polar surface area (TPSA) is 89.3 Å². The molecule has 0 aliphatic heterocycles. The minimum atomic E-state index is -0.525. The van der Waals surface area contributed by atoms with Crippen LogP contribution in [0.3, 0.4) is 0 Å². The van der Waals surface area contributed by atoms with Crippen LogP contribution in [0.1, 0.15) is 23.3 Å². The number of nitrogens with two attached hydrogens (primary N) is 1. The van der Waals surface area contributed by atoms with Gasteiger partial charge in [0.25, 0.3) is 5.78 Å². The maximum Gasteiger partial charge on any atom is 0.255 e. The van der Waals surface area contributed by atoms with Gasteiger partial charge in [-0.1, -0.05) is 0 Å². The van der Waals surface area contributed by atoms with Crippen LogP contribution in [0.4, 0.5) is 0 Å². The zero-order valence-electron chi connectivity index (χ0n) is 8.68. The molecule has 2 rings (SSSR count). The van der Waals surface area contributed by atoms with Gasteiger partial charge in [-0.3, -0.25) is 4.40 Å². The van der Waals surface area contributed by atoms with Crippen LogP contribution in [0.25, 0.3) is 5.78 Å². The van der Waals surface area contributed by atoms with E-state index in [-0.39, 0.29) is 6.61 Å². The summed E-state index contributed by atoms with van der Waals surface area (Å²) < 4.78 is 1.76. The van der Waals surface area contributed by atoms with Gasteiger partial charge in [-0.2, -0.15) is 0 Å². The maximum atomic E-state index is 8.99. The number of hydrogen-bond donors (Lipinski definition) is 2. The van der Waals surface area contributed by atoms with Crippen LogP contribution in [-0.4, -0.2) is 31.3 Å². The first-order valence-corrected chi connectivity index (χ1v) is 4.69. The highest BCUT2D eigenvalue weighted by molar-refractivity contribution is 5.33. The molecule has 0 fully saturated rings. The van der Waals surface area contributed by atoms with E-state index < -0.39 is 6.04 Å². The largest absolute Gasteiger partial charge is 0.394 e. The molecule has 0 spiro atoms. The molecule has 2 heterocycles. The van der Waals surface area contributed by atoms with Crippen LogP contribution in [0.5, 0.6) is 0 Å². The summed E-state index contributed by atoms with van der Waals surface area (Å²) in [6.45, 7) is 3.67. The minimum absolute atomic E-state index is 0.159. The molecule has 80 valence electrons. The molecule has 0 bridgehead atoms. The van der Waals surface area contributed by atoms with Crippen molar-refractivity contribution in [1.29, 1.82) is 0 Å². The number of aliphatic hydroxyl groups is 1. The number of aryl methyl sites for hydroxylation is 2. The molecule has 0 aliphatic rings. The van der Waals surface area contributed by atoms with E-state index in [2.05, 4.69) is 15.2 Å². The molecule has 0 radical (unpaired) electrons. The normalized spacial score (nSPS) is 13.3. The quantitative estimate of drug-likeness (QED) is 0.707. The summed E-state index contributed by atoms with van der Waals surface area (Å²) in [6, 6.07) is 1.40. The van der Waals surface area contributed by atoms with E-state index in [1.807, 2.05) is 19.9 Å². The van der Waals surface area contributed by atoms with Gasteiger partial charge in [-0.25, -0.2) is 4.98 Å². The molecule has 6 nitrogen and oxygen atoms in total. The third kappa shape index (κ3) is 1.57. The molecule has 2 aromatic rings. The molecule has 1 atom stereocenters. The van der Waals surface area contributed by atoms with Crippen molar-refractivity contribution in [2.75, 3.05) is 6.61 Å². The van der Waals surface area contributed by atoms with Crippen molar-refractivity contribution in [3.05, 3.63) is 23.3 Å². The Morgan fingerprint density at radius 3 is 2.87 bits per heavy atom. The van der Waals surface area contributed by atoms with Crippen molar-refractivity contribution in [3.8, 4) is 0 Å². The number of rotatable bonds is 2.